The number of likely N-dealkylation sites (tertiary alicyclic amines) is 1. The van der Waals surface area contributed by atoms with Crippen LogP contribution in [0.5, 0.6) is 11.5 Å². The second-order valence-electron chi connectivity index (χ2n) is 8.68. The number of ether oxygens (including phenoxy) is 2. The molecule has 186 valence electrons. The third kappa shape index (κ3) is 6.82. The highest BCUT2D eigenvalue weighted by Crippen LogP contribution is 2.28. The van der Waals surface area contributed by atoms with Gasteiger partial charge in [0.25, 0.3) is 0 Å². The van der Waals surface area contributed by atoms with Crippen molar-refractivity contribution in [3.8, 4) is 22.9 Å². The first-order valence-corrected chi connectivity index (χ1v) is 12.6. The first-order chi connectivity index (χ1) is 17.1. The summed E-state index contributed by atoms with van der Waals surface area (Å²) in [6.45, 7) is 2.79. The minimum atomic E-state index is -0.0303. The van der Waals surface area contributed by atoms with Crippen LogP contribution in [-0.2, 0) is 17.8 Å². The van der Waals surface area contributed by atoms with Gasteiger partial charge in [-0.25, -0.2) is 0 Å². The van der Waals surface area contributed by atoms with E-state index >= 15 is 0 Å². The van der Waals surface area contributed by atoms with Gasteiger partial charge in [0.1, 0.15) is 0 Å². The van der Waals surface area contributed by atoms with Gasteiger partial charge < -0.3 is 19.3 Å². The molecule has 0 bridgehead atoms. The largest absolute Gasteiger partial charge is 0.493 e. The third-order valence-corrected chi connectivity index (χ3v) is 6.67. The molecule has 1 N–H and O–H groups in total. The standard InChI is InChI=1S/C26H31BrN4O4/c1-33-22-11-10-18(14-23(22)34-2)6-4-12-28-26(32)20-8-5-13-31(16-20)17-24-29-25(30-35-24)19-7-3-9-21(27)15-19/h3,7,9-11,14-15,20H,4-6,8,12-13,16-17H2,1-2H3,(H,28,32). The second kappa shape index (κ2) is 12.2. The number of aryl methyl sites for hydroxylation is 1. The van der Waals surface area contributed by atoms with Crippen molar-refractivity contribution in [2.45, 2.75) is 32.2 Å². The smallest absolute Gasteiger partial charge is 0.241 e. The zero-order valence-electron chi connectivity index (χ0n) is 20.1. The summed E-state index contributed by atoms with van der Waals surface area (Å²) in [5.74, 6) is 2.66. The number of benzene rings is 2. The third-order valence-electron chi connectivity index (χ3n) is 6.18. The predicted octanol–water partition coefficient (Wildman–Crippen LogP) is 4.48. The summed E-state index contributed by atoms with van der Waals surface area (Å²) < 4.78 is 17.1. The van der Waals surface area contributed by atoms with E-state index in [0.29, 0.717) is 31.3 Å². The molecule has 1 fully saturated rings. The van der Waals surface area contributed by atoms with Crippen LogP contribution in [0.25, 0.3) is 11.4 Å². The Kier molecular flexibility index (Phi) is 8.76. The van der Waals surface area contributed by atoms with Crippen LogP contribution in [-0.4, -0.2) is 54.8 Å². The Labute approximate surface area is 214 Å². The van der Waals surface area contributed by atoms with Gasteiger partial charge in [0.15, 0.2) is 11.5 Å². The molecule has 0 radical (unpaired) electrons. The van der Waals surface area contributed by atoms with Gasteiger partial charge in [0.05, 0.1) is 26.7 Å². The van der Waals surface area contributed by atoms with Crippen LogP contribution in [0.2, 0.25) is 0 Å². The number of nitrogens with zero attached hydrogens (tertiary/aromatic N) is 3. The maximum absolute atomic E-state index is 12.8. The molecule has 3 aromatic rings. The van der Waals surface area contributed by atoms with Crippen molar-refractivity contribution in [2.24, 2.45) is 5.92 Å². The minimum Gasteiger partial charge on any atom is -0.493 e. The molecule has 0 saturated carbocycles. The molecule has 1 aliphatic heterocycles. The molecular weight excluding hydrogens is 512 g/mol. The van der Waals surface area contributed by atoms with Crippen molar-refractivity contribution in [2.75, 3.05) is 33.9 Å². The van der Waals surface area contributed by atoms with Crippen LogP contribution in [0.1, 0.15) is 30.7 Å². The van der Waals surface area contributed by atoms with Crippen molar-refractivity contribution in [1.82, 2.24) is 20.4 Å². The van der Waals surface area contributed by atoms with Crippen molar-refractivity contribution >= 4 is 21.8 Å². The summed E-state index contributed by atoms with van der Waals surface area (Å²) in [5, 5.41) is 7.23. The fraction of sp³-hybridized carbons (Fsp3) is 0.423. The summed E-state index contributed by atoms with van der Waals surface area (Å²) in [7, 11) is 3.26. The second-order valence-corrected chi connectivity index (χ2v) is 9.60. The molecular formula is C26H31BrN4O4. The predicted molar refractivity (Wildman–Crippen MR) is 136 cm³/mol. The molecule has 1 atom stereocenters. The molecule has 1 unspecified atom stereocenters. The van der Waals surface area contributed by atoms with Crippen LogP contribution in [0.4, 0.5) is 0 Å². The Hall–Kier alpha value is -2.91. The van der Waals surface area contributed by atoms with E-state index in [1.807, 2.05) is 42.5 Å². The van der Waals surface area contributed by atoms with Gasteiger partial charge >= 0.3 is 0 Å². The highest BCUT2D eigenvalue weighted by Gasteiger charge is 2.26. The van der Waals surface area contributed by atoms with E-state index in [1.54, 1.807) is 14.2 Å². The Morgan fingerprint density at radius 1 is 1.20 bits per heavy atom. The van der Waals surface area contributed by atoms with Gasteiger partial charge in [0, 0.05) is 23.1 Å². The summed E-state index contributed by atoms with van der Waals surface area (Å²) in [6.07, 6.45) is 3.58. The molecule has 4 rings (SSSR count). The Morgan fingerprint density at radius 2 is 2.06 bits per heavy atom. The van der Waals surface area contributed by atoms with Gasteiger partial charge in [-0.3, -0.25) is 9.69 Å². The van der Waals surface area contributed by atoms with E-state index in [2.05, 4.69) is 36.3 Å². The molecule has 1 amide bonds. The zero-order chi connectivity index (χ0) is 24.6. The number of hydrogen-bond acceptors (Lipinski definition) is 7. The number of nitrogens with one attached hydrogen (secondary N) is 1. The number of rotatable bonds is 10. The van der Waals surface area contributed by atoms with Gasteiger partial charge in [-0.1, -0.05) is 39.3 Å². The van der Waals surface area contributed by atoms with E-state index in [0.717, 1.165) is 59.3 Å². The maximum Gasteiger partial charge on any atom is 0.241 e. The van der Waals surface area contributed by atoms with Crippen LogP contribution < -0.4 is 14.8 Å². The Morgan fingerprint density at radius 3 is 2.86 bits per heavy atom. The molecule has 0 aliphatic carbocycles. The quantitative estimate of drug-likeness (QED) is 0.378. The van der Waals surface area contributed by atoms with Crippen molar-refractivity contribution in [1.29, 1.82) is 0 Å². The number of piperidine rings is 1. The van der Waals surface area contributed by atoms with Crippen LogP contribution in [0.3, 0.4) is 0 Å². The number of hydrogen-bond donors (Lipinski definition) is 1. The molecule has 8 nitrogen and oxygen atoms in total. The van der Waals surface area contributed by atoms with Crippen molar-refractivity contribution in [3.05, 3.63) is 58.4 Å². The minimum absolute atomic E-state index is 0.0303. The molecule has 0 spiro atoms. The van der Waals surface area contributed by atoms with Crippen molar-refractivity contribution in [3.63, 3.8) is 0 Å². The fourth-order valence-corrected chi connectivity index (χ4v) is 4.75. The number of carbonyl (C=O) groups is 1. The average molecular weight is 543 g/mol. The molecule has 9 heteroatoms. The SMILES string of the molecule is COc1ccc(CCCNC(=O)C2CCCN(Cc3nc(-c4cccc(Br)c4)no3)C2)cc1OC. The average Bonchev–Trinajstić information content (AvgIpc) is 3.35. The lowest BCUT2D eigenvalue weighted by atomic mass is 9.97. The van der Waals surface area contributed by atoms with Gasteiger partial charge in [-0.15, -0.1) is 0 Å². The summed E-state index contributed by atoms with van der Waals surface area (Å²) in [6, 6.07) is 13.7. The Bertz CT molecular complexity index is 1140. The molecule has 35 heavy (non-hydrogen) atoms. The monoisotopic (exact) mass is 542 g/mol. The highest BCUT2D eigenvalue weighted by atomic mass is 79.9. The van der Waals surface area contributed by atoms with Gasteiger partial charge in [-0.05, 0) is 62.1 Å². The van der Waals surface area contributed by atoms with Crippen LogP contribution in [0, 0.1) is 5.92 Å². The van der Waals surface area contributed by atoms with Gasteiger partial charge in [0.2, 0.25) is 17.6 Å². The summed E-state index contributed by atoms with van der Waals surface area (Å²) in [4.78, 5) is 19.5. The normalized spacial score (nSPS) is 16.1. The number of methoxy groups -OCH3 is 2. The van der Waals surface area contributed by atoms with E-state index < -0.39 is 0 Å². The summed E-state index contributed by atoms with van der Waals surface area (Å²) in [5.41, 5.74) is 2.06. The molecule has 1 saturated heterocycles. The molecule has 1 aliphatic rings. The lowest BCUT2D eigenvalue weighted by Gasteiger charge is -2.30. The van der Waals surface area contributed by atoms with Crippen LogP contribution >= 0.6 is 15.9 Å². The first-order valence-electron chi connectivity index (χ1n) is 11.8. The lowest BCUT2D eigenvalue weighted by Crippen LogP contribution is -2.43. The molecule has 2 aromatic carbocycles. The number of carbonyl (C=O) groups excluding carboxylic acids is 1. The highest BCUT2D eigenvalue weighted by molar-refractivity contribution is 9.10. The van der Waals surface area contributed by atoms with Gasteiger partial charge in [-0.2, -0.15) is 4.98 Å². The van der Waals surface area contributed by atoms with E-state index in [4.69, 9.17) is 14.0 Å². The topological polar surface area (TPSA) is 89.7 Å². The van der Waals surface area contributed by atoms with Crippen LogP contribution in [0.15, 0.2) is 51.5 Å². The Balaban J connectivity index is 1.23. The van der Waals surface area contributed by atoms with Crippen molar-refractivity contribution < 1.29 is 18.8 Å². The number of amides is 1. The summed E-state index contributed by atoms with van der Waals surface area (Å²) >= 11 is 3.47. The van der Waals surface area contributed by atoms with E-state index in [-0.39, 0.29) is 11.8 Å². The van der Waals surface area contributed by atoms with E-state index in [1.165, 1.54) is 0 Å². The molecule has 1 aromatic heterocycles. The number of halogens is 1. The first kappa shape index (κ1) is 25.2. The maximum atomic E-state index is 12.8. The zero-order valence-corrected chi connectivity index (χ0v) is 21.7. The van der Waals surface area contributed by atoms with E-state index in [9.17, 15) is 4.79 Å². The fourth-order valence-electron chi connectivity index (χ4n) is 4.35. The lowest BCUT2D eigenvalue weighted by molar-refractivity contribution is -0.126. The number of aromatic nitrogens is 2. The molecule has 2 heterocycles.